The molecule has 3 rings (SSSR count). The Morgan fingerprint density at radius 1 is 1.17 bits per heavy atom. The molecule has 1 heterocycles. The number of amides is 2. The minimum Gasteiger partial charge on any atom is -0.493 e. The van der Waals surface area contributed by atoms with E-state index in [1.807, 2.05) is 0 Å². The molecule has 3 N–H and O–H groups in total. The molecular formula is C20H17F3N2O5. The highest BCUT2D eigenvalue weighted by Crippen LogP contribution is 2.31. The lowest BCUT2D eigenvalue weighted by molar-refractivity contribution is -0.137. The fourth-order valence-corrected chi connectivity index (χ4v) is 2.74. The average molecular weight is 422 g/mol. The van der Waals surface area contributed by atoms with Gasteiger partial charge in [0.1, 0.15) is 6.04 Å². The molecule has 3 aromatic rings. The van der Waals surface area contributed by atoms with Gasteiger partial charge in [-0.3, -0.25) is 9.59 Å². The monoisotopic (exact) mass is 422 g/mol. The molecule has 1 atom stereocenters. The third-order valence-corrected chi connectivity index (χ3v) is 4.21. The van der Waals surface area contributed by atoms with E-state index in [1.54, 1.807) is 18.2 Å². The number of methoxy groups -OCH3 is 1. The molecule has 0 aliphatic carbocycles. The van der Waals surface area contributed by atoms with Gasteiger partial charge in [-0.2, -0.15) is 13.2 Å². The Morgan fingerprint density at radius 2 is 1.90 bits per heavy atom. The topological polar surface area (TPSA) is 101 Å². The summed E-state index contributed by atoms with van der Waals surface area (Å²) in [5.74, 6) is -1.39. The molecule has 0 radical (unpaired) electrons. The van der Waals surface area contributed by atoms with Gasteiger partial charge in [0.2, 0.25) is 5.91 Å². The maximum Gasteiger partial charge on any atom is 0.416 e. The van der Waals surface area contributed by atoms with Crippen molar-refractivity contribution < 1.29 is 37.0 Å². The highest BCUT2D eigenvalue weighted by molar-refractivity contribution is 6.02. The SMILES string of the molecule is COc1cccc2cc(C(=O)N[C@@H](CO)C(=O)Nc3cccc(C(F)(F)F)c3)oc12. The number of carbonyl (C=O) groups excluding carboxylic acids is 2. The van der Waals surface area contributed by atoms with Crippen molar-refractivity contribution in [3.63, 3.8) is 0 Å². The Kier molecular flexibility index (Phi) is 5.97. The number of aliphatic hydroxyl groups excluding tert-OH is 1. The summed E-state index contributed by atoms with van der Waals surface area (Å²) in [6.07, 6.45) is -4.58. The first-order valence-electron chi connectivity index (χ1n) is 8.69. The van der Waals surface area contributed by atoms with Crippen molar-refractivity contribution in [3.05, 3.63) is 59.9 Å². The number of para-hydroxylation sites is 1. The van der Waals surface area contributed by atoms with Crippen LogP contribution in [-0.2, 0) is 11.0 Å². The number of furan rings is 1. The standard InChI is InChI=1S/C20H17F3N2O5/c1-29-15-7-2-4-11-8-16(30-17(11)15)19(28)25-14(10-26)18(27)24-13-6-3-5-12(9-13)20(21,22)23/h2-9,14,26H,10H2,1H3,(H,24,27)(H,25,28)/t14-/m0/s1. The van der Waals surface area contributed by atoms with Gasteiger partial charge < -0.3 is 24.9 Å². The average Bonchev–Trinajstić information content (AvgIpc) is 3.16. The lowest BCUT2D eigenvalue weighted by atomic mass is 10.2. The zero-order valence-electron chi connectivity index (χ0n) is 15.6. The third kappa shape index (κ3) is 4.54. The summed E-state index contributed by atoms with van der Waals surface area (Å²) in [4.78, 5) is 24.8. The Bertz CT molecular complexity index is 1080. The van der Waals surface area contributed by atoms with Crippen molar-refractivity contribution >= 4 is 28.5 Å². The van der Waals surface area contributed by atoms with Crippen LogP contribution in [0.1, 0.15) is 16.1 Å². The minimum absolute atomic E-state index is 0.125. The van der Waals surface area contributed by atoms with Gasteiger partial charge >= 0.3 is 6.18 Å². The van der Waals surface area contributed by atoms with Gasteiger partial charge in [0, 0.05) is 11.1 Å². The quantitative estimate of drug-likeness (QED) is 0.567. The van der Waals surface area contributed by atoms with Crippen LogP contribution in [0.15, 0.2) is 52.9 Å². The maximum atomic E-state index is 12.8. The number of aliphatic hydroxyl groups is 1. The van der Waals surface area contributed by atoms with E-state index in [9.17, 15) is 27.9 Å². The molecule has 0 aliphatic heterocycles. The molecule has 2 aromatic carbocycles. The van der Waals surface area contributed by atoms with Crippen molar-refractivity contribution in [2.24, 2.45) is 0 Å². The van der Waals surface area contributed by atoms with Crippen LogP contribution in [0, 0.1) is 0 Å². The summed E-state index contributed by atoms with van der Waals surface area (Å²) in [6.45, 7) is -0.778. The summed E-state index contributed by atoms with van der Waals surface area (Å²) in [6, 6.07) is 9.07. The number of hydrogen-bond acceptors (Lipinski definition) is 5. The largest absolute Gasteiger partial charge is 0.493 e. The smallest absolute Gasteiger partial charge is 0.416 e. The predicted octanol–water partition coefficient (Wildman–Crippen LogP) is 3.19. The van der Waals surface area contributed by atoms with Crippen LogP contribution in [-0.4, -0.2) is 36.7 Å². The van der Waals surface area contributed by atoms with Gasteiger partial charge in [-0.1, -0.05) is 18.2 Å². The number of anilines is 1. The maximum absolute atomic E-state index is 12.8. The summed E-state index contributed by atoms with van der Waals surface area (Å²) >= 11 is 0. The first-order valence-corrected chi connectivity index (χ1v) is 8.69. The van der Waals surface area contributed by atoms with Gasteiger partial charge in [-0.25, -0.2) is 0 Å². The first kappa shape index (κ1) is 21.2. The summed E-state index contributed by atoms with van der Waals surface area (Å²) in [7, 11) is 1.44. The van der Waals surface area contributed by atoms with Gasteiger partial charge in [-0.05, 0) is 30.3 Å². The van der Waals surface area contributed by atoms with Crippen molar-refractivity contribution in [2.75, 3.05) is 19.0 Å². The van der Waals surface area contributed by atoms with Crippen LogP contribution in [0.25, 0.3) is 11.0 Å². The van der Waals surface area contributed by atoms with E-state index < -0.39 is 36.2 Å². The highest BCUT2D eigenvalue weighted by atomic mass is 19.4. The van der Waals surface area contributed by atoms with Crippen LogP contribution in [0.4, 0.5) is 18.9 Å². The Labute approximate surface area is 168 Å². The molecule has 2 amide bonds. The molecule has 158 valence electrons. The van der Waals surface area contributed by atoms with Crippen molar-refractivity contribution in [3.8, 4) is 5.75 Å². The molecule has 0 unspecified atom stereocenters. The van der Waals surface area contributed by atoms with E-state index in [2.05, 4.69) is 10.6 Å². The van der Waals surface area contributed by atoms with E-state index >= 15 is 0 Å². The number of ether oxygens (including phenoxy) is 1. The second-order valence-electron chi connectivity index (χ2n) is 6.27. The Hall–Kier alpha value is -3.53. The van der Waals surface area contributed by atoms with Crippen molar-refractivity contribution in [1.29, 1.82) is 0 Å². The van der Waals surface area contributed by atoms with E-state index in [0.717, 1.165) is 18.2 Å². The Balaban J connectivity index is 1.73. The van der Waals surface area contributed by atoms with Crippen LogP contribution < -0.4 is 15.4 Å². The van der Waals surface area contributed by atoms with E-state index in [4.69, 9.17) is 9.15 Å². The van der Waals surface area contributed by atoms with E-state index in [1.165, 1.54) is 19.2 Å². The number of halogens is 3. The Morgan fingerprint density at radius 3 is 2.57 bits per heavy atom. The van der Waals surface area contributed by atoms with Gasteiger partial charge in [-0.15, -0.1) is 0 Å². The van der Waals surface area contributed by atoms with Gasteiger partial charge in [0.25, 0.3) is 5.91 Å². The van der Waals surface area contributed by atoms with Crippen LogP contribution in [0.3, 0.4) is 0 Å². The van der Waals surface area contributed by atoms with Gasteiger partial charge in [0.15, 0.2) is 17.1 Å². The molecular weight excluding hydrogens is 405 g/mol. The van der Waals surface area contributed by atoms with Crippen molar-refractivity contribution in [1.82, 2.24) is 5.32 Å². The zero-order valence-corrected chi connectivity index (χ0v) is 15.6. The third-order valence-electron chi connectivity index (χ3n) is 4.21. The molecule has 10 heteroatoms. The summed E-state index contributed by atoms with van der Waals surface area (Å²) in [5, 5.41) is 14.6. The van der Waals surface area contributed by atoms with Crippen LogP contribution >= 0.6 is 0 Å². The van der Waals surface area contributed by atoms with E-state index in [0.29, 0.717) is 16.7 Å². The normalized spacial score (nSPS) is 12.4. The number of rotatable bonds is 6. The number of alkyl halides is 3. The summed E-state index contributed by atoms with van der Waals surface area (Å²) < 4.78 is 49.0. The second kappa shape index (κ2) is 8.46. The second-order valence-corrected chi connectivity index (χ2v) is 6.27. The number of hydrogen-bond donors (Lipinski definition) is 3. The highest BCUT2D eigenvalue weighted by Gasteiger charge is 2.31. The zero-order chi connectivity index (χ0) is 21.9. The lowest BCUT2D eigenvalue weighted by Crippen LogP contribution is -2.46. The number of fused-ring (bicyclic) bond motifs is 1. The lowest BCUT2D eigenvalue weighted by Gasteiger charge is -2.16. The fourth-order valence-electron chi connectivity index (χ4n) is 2.74. The number of benzene rings is 2. The molecule has 7 nitrogen and oxygen atoms in total. The molecule has 0 aliphatic rings. The molecule has 0 saturated heterocycles. The molecule has 0 spiro atoms. The molecule has 0 bridgehead atoms. The number of carbonyl (C=O) groups is 2. The number of nitrogens with one attached hydrogen (secondary N) is 2. The molecule has 30 heavy (non-hydrogen) atoms. The van der Waals surface area contributed by atoms with Crippen LogP contribution in [0.5, 0.6) is 5.75 Å². The molecule has 1 aromatic heterocycles. The fraction of sp³-hybridized carbons (Fsp3) is 0.200. The van der Waals surface area contributed by atoms with E-state index in [-0.39, 0.29) is 11.4 Å². The molecule has 0 saturated carbocycles. The van der Waals surface area contributed by atoms with Crippen molar-refractivity contribution in [2.45, 2.75) is 12.2 Å². The van der Waals surface area contributed by atoms with Crippen LogP contribution in [0.2, 0.25) is 0 Å². The van der Waals surface area contributed by atoms with Gasteiger partial charge in [0.05, 0.1) is 19.3 Å². The predicted molar refractivity (Wildman–Crippen MR) is 101 cm³/mol. The molecule has 0 fully saturated rings. The minimum atomic E-state index is -4.58. The first-order chi connectivity index (χ1) is 14.2. The summed E-state index contributed by atoms with van der Waals surface area (Å²) in [5.41, 5.74) is -0.740.